The SMILES string of the molecule is N=C(N(Oc1c([N+](=O)[O-])cc([N+](=O)[O-])cc1[N+](=O)[O-])c1ccccc1)N(c1ccccc1)c1ccccc1. The molecule has 0 heterocycles. The number of rotatable bonds is 8. The second-order valence-electron chi connectivity index (χ2n) is 7.64. The molecule has 0 atom stereocenters. The number of hydrogen-bond donors (Lipinski definition) is 1. The molecule has 0 amide bonds. The molecule has 4 aromatic rings. The number of hydrogen-bond acceptors (Lipinski definition) is 8. The van der Waals surface area contributed by atoms with Gasteiger partial charge in [0.25, 0.3) is 5.69 Å². The number of para-hydroxylation sites is 3. The normalized spacial score (nSPS) is 10.3. The number of nitro groups is 3. The van der Waals surface area contributed by atoms with E-state index in [4.69, 9.17) is 10.2 Å². The fraction of sp³-hybridized carbons (Fsp3) is 0. The molecule has 0 aromatic heterocycles. The summed E-state index contributed by atoms with van der Waals surface area (Å²) in [6.45, 7) is 0. The van der Waals surface area contributed by atoms with Gasteiger partial charge >= 0.3 is 17.1 Å². The van der Waals surface area contributed by atoms with Gasteiger partial charge in [-0.15, -0.1) is 5.06 Å². The van der Waals surface area contributed by atoms with E-state index in [1.807, 2.05) is 0 Å². The molecule has 0 aliphatic heterocycles. The summed E-state index contributed by atoms with van der Waals surface area (Å²) < 4.78 is 0. The number of nitro benzene ring substituents is 3. The topological polar surface area (TPSA) is 169 Å². The first kappa shape index (κ1) is 25.2. The predicted octanol–water partition coefficient (Wildman–Crippen LogP) is 5.98. The highest BCUT2D eigenvalue weighted by Crippen LogP contribution is 2.42. The summed E-state index contributed by atoms with van der Waals surface area (Å²) in [5.74, 6) is -1.25. The van der Waals surface area contributed by atoms with E-state index in [0.717, 1.165) is 5.06 Å². The van der Waals surface area contributed by atoms with Gasteiger partial charge in [-0.3, -0.25) is 40.7 Å². The fourth-order valence-corrected chi connectivity index (χ4v) is 3.57. The minimum Gasteiger partial charge on any atom is -0.357 e. The van der Waals surface area contributed by atoms with Crippen molar-refractivity contribution in [2.24, 2.45) is 0 Å². The van der Waals surface area contributed by atoms with Gasteiger partial charge in [-0.25, -0.2) is 0 Å². The van der Waals surface area contributed by atoms with Crippen LogP contribution in [-0.2, 0) is 0 Å². The van der Waals surface area contributed by atoms with Crippen molar-refractivity contribution in [2.75, 3.05) is 9.96 Å². The van der Waals surface area contributed by atoms with E-state index in [2.05, 4.69) is 0 Å². The molecule has 0 saturated carbocycles. The molecular formula is C25H18N6O7. The second kappa shape index (κ2) is 10.8. The Hall–Kier alpha value is -5.85. The van der Waals surface area contributed by atoms with Crippen molar-refractivity contribution in [1.82, 2.24) is 0 Å². The van der Waals surface area contributed by atoms with Crippen LogP contribution in [0, 0.1) is 35.8 Å². The number of nitrogens with zero attached hydrogens (tertiary/aromatic N) is 5. The summed E-state index contributed by atoms with van der Waals surface area (Å²) in [6.07, 6.45) is 0. The lowest BCUT2D eigenvalue weighted by Crippen LogP contribution is -2.44. The van der Waals surface area contributed by atoms with E-state index in [-0.39, 0.29) is 11.6 Å². The molecule has 4 aromatic carbocycles. The van der Waals surface area contributed by atoms with Crippen molar-refractivity contribution < 1.29 is 19.6 Å². The minimum atomic E-state index is -1.02. The Balaban J connectivity index is 1.92. The summed E-state index contributed by atoms with van der Waals surface area (Å²) in [5.41, 5.74) is -1.61. The maximum Gasteiger partial charge on any atom is 0.328 e. The van der Waals surface area contributed by atoms with Crippen molar-refractivity contribution in [3.63, 3.8) is 0 Å². The third-order valence-electron chi connectivity index (χ3n) is 5.24. The van der Waals surface area contributed by atoms with Crippen LogP contribution in [0.15, 0.2) is 103 Å². The Kier molecular flexibility index (Phi) is 7.19. The minimum absolute atomic E-state index is 0.205. The van der Waals surface area contributed by atoms with Crippen LogP contribution < -0.4 is 14.8 Å². The van der Waals surface area contributed by atoms with Crippen molar-refractivity contribution in [3.8, 4) is 5.75 Å². The molecule has 1 N–H and O–H groups in total. The van der Waals surface area contributed by atoms with Gasteiger partial charge in [0.2, 0.25) is 5.96 Å². The number of nitrogens with one attached hydrogen (secondary N) is 1. The highest BCUT2D eigenvalue weighted by Gasteiger charge is 2.36. The molecule has 38 heavy (non-hydrogen) atoms. The molecule has 190 valence electrons. The average Bonchev–Trinajstić information content (AvgIpc) is 2.92. The van der Waals surface area contributed by atoms with E-state index in [0.29, 0.717) is 23.5 Å². The summed E-state index contributed by atoms with van der Waals surface area (Å²) >= 11 is 0. The van der Waals surface area contributed by atoms with E-state index >= 15 is 0 Å². The first-order chi connectivity index (χ1) is 18.3. The summed E-state index contributed by atoms with van der Waals surface area (Å²) in [5, 5.41) is 44.9. The molecular weight excluding hydrogens is 496 g/mol. The molecule has 0 fully saturated rings. The number of non-ortho nitro benzene ring substituents is 1. The van der Waals surface area contributed by atoms with Gasteiger partial charge in [-0.2, -0.15) is 0 Å². The molecule has 0 bridgehead atoms. The third-order valence-corrected chi connectivity index (χ3v) is 5.24. The molecule has 13 nitrogen and oxygen atoms in total. The first-order valence-corrected chi connectivity index (χ1v) is 10.9. The maximum absolute atomic E-state index is 11.8. The number of hydroxylamine groups is 1. The lowest BCUT2D eigenvalue weighted by Gasteiger charge is -2.32. The van der Waals surface area contributed by atoms with Crippen LogP contribution in [0.5, 0.6) is 5.75 Å². The van der Waals surface area contributed by atoms with Crippen LogP contribution in [0.25, 0.3) is 0 Å². The summed E-state index contributed by atoms with van der Waals surface area (Å²) in [6, 6.07) is 26.6. The van der Waals surface area contributed by atoms with Crippen molar-refractivity contribution >= 4 is 40.1 Å². The molecule has 0 saturated heterocycles. The third kappa shape index (κ3) is 5.21. The smallest absolute Gasteiger partial charge is 0.328 e. The van der Waals surface area contributed by atoms with Crippen molar-refractivity contribution in [3.05, 3.63) is 133 Å². The van der Waals surface area contributed by atoms with Gasteiger partial charge in [-0.05, 0) is 36.4 Å². The Morgan fingerprint density at radius 1 is 0.632 bits per heavy atom. The van der Waals surface area contributed by atoms with E-state index in [1.165, 1.54) is 17.0 Å². The zero-order valence-corrected chi connectivity index (χ0v) is 19.4. The van der Waals surface area contributed by atoms with E-state index in [1.54, 1.807) is 78.9 Å². The Morgan fingerprint density at radius 3 is 1.39 bits per heavy atom. The lowest BCUT2D eigenvalue weighted by atomic mass is 10.2. The monoisotopic (exact) mass is 514 g/mol. The summed E-state index contributed by atoms with van der Waals surface area (Å²) in [7, 11) is 0. The van der Waals surface area contributed by atoms with Gasteiger partial charge in [0.1, 0.15) is 0 Å². The zero-order chi connectivity index (χ0) is 27.2. The van der Waals surface area contributed by atoms with Gasteiger partial charge < -0.3 is 4.84 Å². The van der Waals surface area contributed by atoms with Crippen LogP contribution in [-0.4, -0.2) is 20.7 Å². The second-order valence-corrected chi connectivity index (χ2v) is 7.64. The van der Waals surface area contributed by atoms with Crippen LogP contribution in [0.1, 0.15) is 0 Å². The Bertz CT molecular complexity index is 1430. The molecule has 0 aliphatic carbocycles. The zero-order valence-electron chi connectivity index (χ0n) is 19.4. The van der Waals surface area contributed by atoms with Gasteiger partial charge in [0.15, 0.2) is 0 Å². The first-order valence-electron chi connectivity index (χ1n) is 10.9. The number of guanidine groups is 1. The maximum atomic E-state index is 11.8. The predicted molar refractivity (Wildman–Crippen MR) is 139 cm³/mol. The molecule has 0 unspecified atom stereocenters. The Labute approximate surface area is 214 Å². The van der Waals surface area contributed by atoms with Crippen LogP contribution >= 0.6 is 0 Å². The number of benzene rings is 4. The Morgan fingerprint density at radius 2 is 1.03 bits per heavy atom. The van der Waals surface area contributed by atoms with Gasteiger partial charge in [0.05, 0.1) is 32.6 Å². The van der Waals surface area contributed by atoms with Crippen LogP contribution in [0.2, 0.25) is 0 Å². The van der Waals surface area contributed by atoms with E-state index in [9.17, 15) is 30.3 Å². The summed E-state index contributed by atoms with van der Waals surface area (Å²) in [4.78, 5) is 39.2. The largest absolute Gasteiger partial charge is 0.357 e. The molecule has 0 radical (unpaired) electrons. The average molecular weight is 514 g/mol. The molecule has 0 aliphatic rings. The molecule has 13 heteroatoms. The quantitative estimate of drug-likeness (QED) is 0.128. The standard InChI is InChI=1S/C25H18N6O7/c26-25(27(18-10-4-1-5-11-18)19-12-6-2-7-13-19)28(20-14-8-3-9-15-20)38-24-22(30(34)35)16-21(29(32)33)17-23(24)31(36)37/h1-17,26H. The number of anilines is 3. The fourth-order valence-electron chi connectivity index (χ4n) is 3.57. The van der Waals surface area contributed by atoms with Crippen LogP contribution in [0.3, 0.4) is 0 Å². The van der Waals surface area contributed by atoms with E-state index < -0.39 is 37.6 Å². The molecule has 0 spiro atoms. The highest BCUT2D eigenvalue weighted by atomic mass is 16.7. The van der Waals surface area contributed by atoms with Crippen molar-refractivity contribution in [2.45, 2.75) is 0 Å². The van der Waals surface area contributed by atoms with Gasteiger partial charge in [0, 0.05) is 11.4 Å². The van der Waals surface area contributed by atoms with Gasteiger partial charge in [-0.1, -0.05) is 54.6 Å². The van der Waals surface area contributed by atoms with Crippen molar-refractivity contribution in [1.29, 1.82) is 5.41 Å². The lowest BCUT2D eigenvalue weighted by molar-refractivity contribution is -0.404. The molecule has 4 rings (SSSR count). The highest BCUT2D eigenvalue weighted by molar-refractivity contribution is 6.09. The van der Waals surface area contributed by atoms with Crippen LogP contribution in [0.4, 0.5) is 34.1 Å².